The summed E-state index contributed by atoms with van der Waals surface area (Å²) in [5.41, 5.74) is 3.22. The van der Waals surface area contributed by atoms with Crippen LogP contribution >= 0.6 is 0 Å². The fourth-order valence-corrected chi connectivity index (χ4v) is 2.60. The van der Waals surface area contributed by atoms with Crippen molar-refractivity contribution in [3.8, 4) is 11.3 Å². The predicted octanol–water partition coefficient (Wildman–Crippen LogP) is 1.93. The van der Waals surface area contributed by atoms with E-state index in [1.165, 1.54) is 19.3 Å². The Morgan fingerprint density at radius 3 is 2.94 bits per heavy atom. The van der Waals surface area contributed by atoms with Gasteiger partial charge in [0.1, 0.15) is 5.82 Å². The summed E-state index contributed by atoms with van der Waals surface area (Å²) >= 11 is 0. The molecule has 1 aliphatic rings. The van der Waals surface area contributed by atoms with E-state index in [9.17, 15) is 0 Å². The largest absolute Gasteiger partial charge is 0.341 e. The molecule has 5 nitrogen and oxygen atoms in total. The predicted molar refractivity (Wildman–Crippen MR) is 70.1 cm³/mol. The van der Waals surface area contributed by atoms with Crippen LogP contribution in [0.3, 0.4) is 0 Å². The average molecular weight is 245 g/mol. The zero-order valence-electron chi connectivity index (χ0n) is 10.9. The molecule has 0 amide bonds. The Morgan fingerprint density at radius 1 is 1.39 bits per heavy atom. The fraction of sp³-hybridized carbons (Fsp3) is 0.538. The summed E-state index contributed by atoms with van der Waals surface area (Å²) in [6, 6.07) is 0.379. The number of hydrogen-bond donors (Lipinski definition) is 2. The van der Waals surface area contributed by atoms with E-state index in [0.717, 1.165) is 29.3 Å². The van der Waals surface area contributed by atoms with Gasteiger partial charge in [-0.3, -0.25) is 4.68 Å². The van der Waals surface area contributed by atoms with Gasteiger partial charge in [-0.2, -0.15) is 5.10 Å². The summed E-state index contributed by atoms with van der Waals surface area (Å²) in [4.78, 5) is 7.94. The van der Waals surface area contributed by atoms with Crippen molar-refractivity contribution < 1.29 is 0 Å². The molecule has 2 aromatic rings. The minimum atomic E-state index is 0.379. The van der Waals surface area contributed by atoms with Gasteiger partial charge in [0.15, 0.2) is 0 Å². The number of nitrogens with one attached hydrogen (secondary N) is 2. The maximum absolute atomic E-state index is 4.51. The second-order valence-electron chi connectivity index (χ2n) is 4.99. The van der Waals surface area contributed by atoms with E-state index in [-0.39, 0.29) is 0 Å². The SMILES string of the molecule is Cc1nn(C)cc1-c1cnc(C2CCCCN2)[nH]1. The van der Waals surface area contributed by atoms with E-state index >= 15 is 0 Å². The van der Waals surface area contributed by atoms with Gasteiger partial charge in [0.2, 0.25) is 0 Å². The van der Waals surface area contributed by atoms with Crippen LogP contribution in [0.2, 0.25) is 0 Å². The van der Waals surface area contributed by atoms with Crippen molar-refractivity contribution in [3.63, 3.8) is 0 Å². The number of rotatable bonds is 2. The van der Waals surface area contributed by atoms with Gasteiger partial charge in [-0.05, 0) is 26.3 Å². The van der Waals surface area contributed by atoms with Crippen LogP contribution in [0.25, 0.3) is 11.3 Å². The number of aromatic amines is 1. The summed E-state index contributed by atoms with van der Waals surface area (Å²) in [5, 5.41) is 7.87. The highest BCUT2D eigenvalue weighted by Gasteiger charge is 2.18. The van der Waals surface area contributed by atoms with Gasteiger partial charge in [-0.1, -0.05) is 6.42 Å². The van der Waals surface area contributed by atoms with Gasteiger partial charge in [0.25, 0.3) is 0 Å². The molecule has 0 spiro atoms. The van der Waals surface area contributed by atoms with Crippen LogP contribution in [0, 0.1) is 6.92 Å². The molecule has 3 heterocycles. The van der Waals surface area contributed by atoms with E-state index in [1.54, 1.807) is 0 Å². The van der Waals surface area contributed by atoms with Crippen LogP contribution in [-0.4, -0.2) is 26.3 Å². The molecule has 18 heavy (non-hydrogen) atoms. The molecule has 5 heteroatoms. The third kappa shape index (κ3) is 2.06. The molecule has 0 radical (unpaired) electrons. The van der Waals surface area contributed by atoms with E-state index in [2.05, 4.69) is 20.4 Å². The number of nitrogens with zero attached hydrogens (tertiary/aromatic N) is 3. The van der Waals surface area contributed by atoms with Gasteiger partial charge in [0, 0.05) is 18.8 Å². The van der Waals surface area contributed by atoms with Crippen LogP contribution in [0.15, 0.2) is 12.4 Å². The summed E-state index contributed by atoms with van der Waals surface area (Å²) in [6.07, 6.45) is 7.65. The van der Waals surface area contributed by atoms with Gasteiger partial charge in [-0.25, -0.2) is 4.98 Å². The van der Waals surface area contributed by atoms with Crippen LogP contribution < -0.4 is 5.32 Å². The van der Waals surface area contributed by atoms with Crippen molar-refractivity contribution >= 4 is 0 Å². The Kier molecular flexibility index (Phi) is 2.91. The van der Waals surface area contributed by atoms with Gasteiger partial charge < -0.3 is 10.3 Å². The van der Waals surface area contributed by atoms with E-state index < -0.39 is 0 Å². The molecule has 0 aromatic carbocycles. The molecule has 1 saturated heterocycles. The Balaban J connectivity index is 1.86. The number of aromatic nitrogens is 4. The first kappa shape index (κ1) is 11.5. The maximum Gasteiger partial charge on any atom is 0.123 e. The monoisotopic (exact) mass is 245 g/mol. The van der Waals surface area contributed by atoms with Gasteiger partial charge in [0.05, 0.1) is 23.6 Å². The molecule has 1 aliphatic heterocycles. The summed E-state index contributed by atoms with van der Waals surface area (Å²) in [7, 11) is 1.94. The van der Waals surface area contributed by atoms with Crippen LogP contribution in [-0.2, 0) is 7.05 Å². The third-order valence-electron chi connectivity index (χ3n) is 3.54. The highest BCUT2D eigenvalue weighted by Crippen LogP contribution is 2.25. The quantitative estimate of drug-likeness (QED) is 0.850. The number of imidazole rings is 1. The minimum Gasteiger partial charge on any atom is -0.341 e. The number of hydrogen-bond acceptors (Lipinski definition) is 3. The Labute approximate surface area is 107 Å². The average Bonchev–Trinajstić information content (AvgIpc) is 2.97. The Morgan fingerprint density at radius 2 is 2.28 bits per heavy atom. The Bertz CT molecular complexity index is 533. The second-order valence-corrected chi connectivity index (χ2v) is 4.99. The first-order valence-corrected chi connectivity index (χ1v) is 6.53. The lowest BCUT2D eigenvalue weighted by molar-refractivity contribution is 0.399. The zero-order valence-corrected chi connectivity index (χ0v) is 10.9. The van der Waals surface area contributed by atoms with Crippen LogP contribution in [0.5, 0.6) is 0 Å². The first-order chi connectivity index (χ1) is 8.74. The summed E-state index contributed by atoms with van der Waals surface area (Å²) < 4.78 is 1.84. The lowest BCUT2D eigenvalue weighted by Crippen LogP contribution is -2.27. The Hall–Kier alpha value is -1.62. The minimum absolute atomic E-state index is 0.379. The molecule has 3 rings (SSSR count). The van der Waals surface area contributed by atoms with Crippen molar-refractivity contribution in [2.24, 2.45) is 7.05 Å². The van der Waals surface area contributed by atoms with Crippen molar-refractivity contribution in [1.29, 1.82) is 0 Å². The van der Waals surface area contributed by atoms with Crippen LogP contribution in [0.1, 0.15) is 36.8 Å². The van der Waals surface area contributed by atoms with Crippen molar-refractivity contribution in [2.75, 3.05) is 6.54 Å². The van der Waals surface area contributed by atoms with Crippen LogP contribution in [0.4, 0.5) is 0 Å². The molecule has 0 saturated carbocycles. The number of piperidine rings is 1. The third-order valence-corrected chi connectivity index (χ3v) is 3.54. The summed E-state index contributed by atoms with van der Waals surface area (Å²) in [5.74, 6) is 1.05. The smallest absolute Gasteiger partial charge is 0.123 e. The molecule has 2 N–H and O–H groups in total. The molecule has 1 atom stereocenters. The van der Waals surface area contributed by atoms with E-state index in [0.29, 0.717) is 6.04 Å². The normalized spacial score (nSPS) is 20.2. The van der Waals surface area contributed by atoms with E-state index in [1.807, 2.05) is 31.0 Å². The highest BCUT2D eigenvalue weighted by molar-refractivity contribution is 5.60. The maximum atomic E-state index is 4.51. The molecule has 1 fully saturated rings. The topological polar surface area (TPSA) is 58.5 Å². The van der Waals surface area contributed by atoms with Crippen molar-refractivity contribution in [1.82, 2.24) is 25.1 Å². The number of H-pyrrole nitrogens is 1. The molecule has 0 aliphatic carbocycles. The standard InChI is InChI=1S/C13H19N5/c1-9-10(8-18(2)17-9)12-7-15-13(16-12)11-5-3-4-6-14-11/h7-8,11,14H,3-6H2,1-2H3,(H,15,16). The molecule has 1 unspecified atom stereocenters. The fourth-order valence-electron chi connectivity index (χ4n) is 2.60. The number of aryl methyl sites for hydroxylation is 2. The molecule has 96 valence electrons. The van der Waals surface area contributed by atoms with Gasteiger partial charge in [-0.15, -0.1) is 0 Å². The molecular formula is C13H19N5. The molecule has 0 bridgehead atoms. The van der Waals surface area contributed by atoms with Crippen molar-refractivity contribution in [3.05, 3.63) is 23.9 Å². The zero-order chi connectivity index (χ0) is 12.5. The van der Waals surface area contributed by atoms with Gasteiger partial charge >= 0.3 is 0 Å². The molecular weight excluding hydrogens is 226 g/mol. The molecule has 2 aromatic heterocycles. The second kappa shape index (κ2) is 4.57. The first-order valence-electron chi connectivity index (χ1n) is 6.53. The van der Waals surface area contributed by atoms with Crippen molar-refractivity contribution in [2.45, 2.75) is 32.2 Å². The lowest BCUT2D eigenvalue weighted by atomic mass is 10.0. The highest BCUT2D eigenvalue weighted by atomic mass is 15.3. The lowest BCUT2D eigenvalue weighted by Gasteiger charge is -2.21. The summed E-state index contributed by atoms with van der Waals surface area (Å²) in [6.45, 7) is 3.11. The van der Waals surface area contributed by atoms with E-state index in [4.69, 9.17) is 0 Å².